The number of aliphatic hydroxyl groups excluding tert-OH is 1. The number of H-pyrrole nitrogens is 1. The number of allylic oxidation sites excluding steroid dienone is 1. The van der Waals surface area contributed by atoms with Gasteiger partial charge in [-0.25, -0.2) is 4.98 Å². The number of hydrogen-bond acceptors (Lipinski definition) is 5. The van der Waals surface area contributed by atoms with Crippen LogP contribution in [0.25, 0.3) is 11.2 Å². The number of nitrogens with zero attached hydrogens (tertiary/aromatic N) is 3. The number of imidazole rings is 1. The smallest absolute Gasteiger partial charge is 0.280 e. The molecule has 4 N–H and O–H groups in total. The van der Waals surface area contributed by atoms with Crippen LogP contribution in [-0.2, 0) is 0 Å². The van der Waals surface area contributed by atoms with E-state index in [0.29, 0.717) is 17.1 Å². The summed E-state index contributed by atoms with van der Waals surface area (Å²) < 4.78 is 1.87. The van der Waals surface area contributed by atoms with Crippen molar-refractivity contribution in [3.8, 4) is 0 Å². The highest BCUT2D eigenvalue weighted by molar-refractivity contribution is 5.71. The van der Waals surface area contributed by atoms with Crippen LogP contribution in [0.1, 0.15) is 12.5 Å². The van der Waals surface area contributed by atoms with Crippen LogP contribution in [0, 0.1) is 11.3 Å². The van der Waals surface area contributed by atoms with Crippen molar-refractivity contribution in [2.75, 3.05) is 12.3 Å². The molecule has 19 heavy (non-hydrogen) atoms. The summed E-state index contributed by atoms with van der Waals surface area (Å²) in [4.78, 5) is 22.4. The van der Waals surface area contributed by atoms with Crippen LogP contribution in [0.4, 0.5) is 5.95 Å². The van der Waals surface area contributed by atoms with Gasteiger partial charge in [0.1, 0.15) is 0 Å². The quantitative estimate of drug-likeness (QED) is 0.647. The third-order valence-electron chi connectivity index (χ3n) is 4.28. The van der Waals surface area contributed by atoms with Gasteiger partial charge in [0.05, 0.1) is 19.0 Å². The lowest BCUT2D eigenvalue weighted by Crippen LogP contribution is -2.14. The lowest BCUT2D eigenvalue weighted by Gasteiger charge is -2.12. The molecule has 0 bridgehead atoms. The minimum absolute atomic E-state index is 0.0754. The van der Waals surface area contributed by atoms with Gasteiger partial charge in [-0.05, 0) is 12.3 Å². The second-order valence-electron chi connectivity index (χ2n) is 5.33. The Morgan fingerprint density at radius 1 is 1.63 bits per heavy atom. The van der Waals surface area contributed by atoms with Gasteiger partial charge in [0.25, 0.3) is 5.56 Å². The summed E-state index contributed by atoms with van der Waals surface area (Å²) >= 11 is 0. The SMILES string of the molecule is Nc1nc2c(ncn2[C@@H]2C=CC3(CO)C[C@@H]23)c(=O)[nH]1. The number of nitrogens with one attached hydrogen (secondary N) is 1. The van der Waals surface area contributed by atoms with Crippen LogP contribution in [0.2, 0.25) is 0 Å². The Labute approximate surface area is 107 Å². The maximum atomic E-state index is 11.7. The molecule has 7 nitrogen and oxygen atoms in total. The molecule has 2 aliphatic carbocycles. The monoisotopic (exact) mass is 259 g/mol. The number of anilines is 1. The minimum Gasteiger partial charge on any atom is -0.395 e. The van der Waals surface area contributed by atoms with Gasteiger partial charge in [0.2, 0.25) is 5.95 Å². The van der Waals surface area contributed by atoms with Gasteiger partial charge in [-0.2, -0.15) is 4.98 Å². The first-order chi connectivity index (χ1) is 9.14. The maximum absolute atomic E-state index is 11.7. The molecule has 3 atom stereocenters. The Bertz CT molecular complexity index is 761. The van der Waals surface area contributed by atoms with Crippen molar-refractivity contribution in [2.24, 2.45) is 11.3 Å². The van der Waals surface area contributed by atoms with Crippen molar-refractivity contribution in [3.05, 3.63) is 28.8 Å². The molecule has 1 fully saturated rings. The molecule has 98 valence electrons. The van der Waals surface area contributed by atoms with Crippen molar-refractivity contribution >= 4 is 17.1 Å². The predicted octanol–water partition coefficient (Wildman–Crippen LogP) is -0.189. The summed E-state index contributed by atoms with van der Waals surface area (Å²) in [5.74, 6) is 0.447. The predicted molar refractivity (Wildman–Crippen MR) is 68.4 cm³/mol. The van der Waals surface area contributed by atoms with Crippen molar-refractivity contribution in [1.82, 2.24) is 19.5 Å². The topological polar surface area (TPSA) is 110 Å². The Kier molecular flexibility index (Phi) is 1.83. The molecule has 2 heterocycles. The molecule has 2 aromatic rings. The first-order valence-corrected chi connectivity index (χ1v) is 6.17. The van der Waals surface area contributed by atoms with Crippen LogP contribution in [0.3, 0.4) is 0 Å². The van der Waals surface area contributed by atoms with E-state index in [0.717, 1.165) is 6.42 Å². The van der Waals surface area contributed by atoms with Gasteiger partial charge in [-0.1, -0.05) is 12.2 Å². The number of fused-ring (bicyclic) bond motifs is 2. The fraction of sp³-hybridized carbons (Fsp3) is 0.417. The summed E-state index contributed by atoms with van der Waals surface area (Å²) in [6, 6.07) is 0.0887. The van der Waals surface area contributed by atoms with E-state index in [-0.39, 0.29) is 29.6 Å². The van der Waals surface area contributed by atoms with E-state index in [1.807, 2.05) is 10.6 Å². The van der Waals surface area contributed by atoms with Crippen molar-refractivity contribution in [3.63, 3.8) is 0 Å². The van der Waals surface area contributed by atoms with E-state index in [4.69, 9.17) is 5.73 Å². The first kappa shape index (κ1) is 10.7. The Balaban J connectivity index is 1.86. The van der Waals surface area contributed by atoms with Crippen LogP contribution in [0.15, 0.2) is 23.3 Å². The molecule has 0 amide bonds. The zero-order valence-electron chi connectivity index (χ0n) is 10.1. The number of nitrogen functional groups attached to an aromatic ring is 1. The van der Waals surface area contributed by atoms with E-state index in [1.165, 1.54) is 0 Å². The van der Waals surface area contributed by atoms with E-state index >= 15 is 0 Å². The van der Waals surface area contributed by atoms with Gasteiger partial charge in [0, 0.05) is 5.41 Å². The van der Waals surface area contributed by atoms with E-state index < -0.39 is 0 Å². The van der Waals surface area contributed by atoms with Crippen LogP contribution >= 0.6 is 0 Å². The maximum Gasteiger partial charge on any atom is 0.280 e. The summed E-state index contributed by atoms with van der Waals surface area (Å²) in [7, 11) is 0. The molecule has 0 aromatic carbocycles. The van der Waals surface area contributed by atoms with Crippen molar-refractivity contribution < 1.29 is 5.11 Å². The highest BCUT2D eigenvalue weighted by atomic mass is 16.3. The summed E-state index contributed by atoms with van der Waals surface area (Å²) in [5.41, 5.74) is 5.97. The molecule has 0 spiro atoms. The highest BCUT2D eigenvalue weighted by Gasteiger charge is 2.59. The number of hydrogen-bond donors (Lipinski definition) is 3. The number of aliphatic hydroxyl groups is 1. The molecule has 0 radical (unpaired) electrons. The number of rotatable bonds is 2. The third kappa shape index (κ3) is 1.27. The molecule has 1 unspecified atom stereocenters. The molecule has 1 saturated carbocycles. The van der Waals surface area contributed by atoms with Gasteiger partial charge in [0.15, 0.2) is 11.2 Å². The Hall–Kier alpha value is -2.15. The lowest BCUT2D eigenvalue weighted by atomic mass is 10.1. The molecule has 7 heteroatoms. The molecule has 2 aromatic heterocycles. The standard InChI is InChI=1S/C12H13N5O2/c13-11-15-9-8(10(19)16-11)14-5-17(9)7-1-2-12(4-18)3-6(7)12/h1-2,5-7,18H,3-4H2,(H3,13,15,16,19)/t6-,7+,12?/m0/s1. The second-order valence-corrected chi connectivity index (χ2v) is 5.33. The molecular formula is C12H13N5O2. The van der Waals surface area contributed by atoms with E-state index in [1.54, 1.807) is 6.33 Å². The number of nitrogens with two attached hydrogens (primary N) is 1. The van der Waals surface area contributed by atoms with E-state index in [9.17, 15) is 9.90 Å². The highest BCUT2D eigenvalue weighted by Crippen LogP contribution is 2.63. The summed E-state index contributed by atoms with van der Waals surface area (Å²) in [5, 5.41) is 9.42. The van der Waals surface area contributed by atoms with Crippen molar-refractivity contribution in [1.29, 1.82) is 0 Å². The molecule has 4 rings (SSSR count). The zero-order chi connectivity index (χ0) is 13.2. The van der Waals surface area contributed by atoms with E-state index in [2.05, 4.69) is 21.0 Å². The lowest BCUT2D eigenvalue weighted by molar-refractivity contribution is 0.230. The Morgan fingerprint density at radius 3 is 3.16 bits per heavy atom. The normalized spacial score (nSPS) is 31.8. The Morgan fingerprint density at radius 2 is 2.47 bits per heavy atom. The minimum atomic E-state index is -0.326. The first-order valence-electron chi connectivity index (χ1n) is 6.17. The average molecular weight is 259 g/mol. The summed E-state index contributed by atoms with van der Waals surface area (Å²) in [6.45, 7) is 0.160. The summed E-state index contributed by atoms with van der Waals surface area (Å²) in [6.07, 6.45) is 6.69. The van der Waals surface area contributed by atoms with Gasteiger partial charge in [-0.3, -0.25) is 9.78 Å². The van der Waals surface area contributed by atoms with Crippen LogP contribution in [-0.4, -0.2) is 31.2 Å². The van der Waals surface area contributed by atoms with Crippen LogP contribution in [0.5, 0.6) is 0 Å². The van der Waals surface area contributed by atoms with Gasteiger partial charge >= 0.3 is 0 Å². The number of aromatic nitrogens is 4. The van der Waals surface area contributed by atoms with Crippen molar-refractivity contribution in [2.45, 2.75) is 12.5 Å². The molecular weight excluding hydrogens is 246 g/mol. The molecule has 0 aliphatic heterocycles. The van der Waals surface area contributed by atoms with Crippen LogP contribution < -0.4 is 11.3 Å². The van der Waals surface area contributed by atoms with Gasteiger partial charge in [-0.15, -0.1) is 0 Å². The fourth-order valence-corrected chi connectivity index (χ4v) is 3.11. The second kappa shape index (κ2) is 3.24. The fourth-order valence-electron chi connectivity index (χ4n) is 3.11. The largest absolute Gasteiger partial charge is 0.395 e. The third-order valence-corrected chi connectivity index (χ3v) is 4.28. The zero-order valence-corrected chi connectivity index (χ0v) is 10.1. The number of aromatic amines is 1. The molecule has 0 saturated heterocycles. The van der Waals surface area contributed by atoms with Gasteiger partial charge < -0.3 is 15.4 Å². The molecule has 2 aliphatic rings. The average Bonchev–Trinajstić information content (AvgIpc) is 2.76.